The number of aromatic hydroxyl groups is 1. The Morgan fingerprint density at radius 2 is 1.34 bits per heavy atom. The van der Waals surface area contributed by atoms with Crippen molar-refractivity contribution in [2.24, 2.45) is 0 Å². The Morgan fingerprint density at radius 1 is 0.607 bits per heavy atom. The highest BCUT2D eigenvalue weighted by Gasteiger charge is 2.27. The van der Waals surface area contributed by atoms with E-state index in [1.165, 1.54) is 0 Å². The number of imidazole rings is 1. The van der Waals surface area contributed by atoms with Crippen molar-refractivity contribution in [3.63, 3.8) is 0 Å². The average Bonchev–Trinajstić information content (AvgIpc) is 3.64. The van der Waals surface area contributed by atoms with Gasteiger partial charge in [-0.15, -0.1) is 0 Å². The van der Waals surface area contributed by atoms with Gasteiger partial charge in [0.1, 0.15) is 11.6 Å². The summed E-state index contributed by atoms with van der Waals surface area (Å²) in [5.41, 5.74) is 9.18. The SMILES string of the molecule is [2H]c1nc(-c2cc(-c3cccc4c3nc(-c3cc(C)cc(C(C)(C)C)c3O)n4-c3ccc(C)cc3-c3ccccc3)cc(C(C)(C)C)c2)c([2H])c(-c2c([2H])c([2H])c([2H])c([2H])c2[2H])c1[2H]. The Balaban J connectivity index is 1.46. The third-order valence-corrected chi connectivity index (χ3v) is 10.2. The lowest BCUT2D eigenvalue weighted by Crippen LogP contribution is -2.12. The van der Waals surface area contributed by atoms with Crippen molar-refractivity contribution in [1.82, 2.24) is 14.5 Å². The topological polar surface area (TPSA) is 50.9 Å². The maximum atomic E-state index is 12.2. The van der Waals surface area contributed by atoms with Crippen LogP contribution in [0.3, 0.4) is 0 Å². The molecule has 0 atom stereocenters. The molecule has 0 radical (unpaired) electrons. The van der Waals surface area contributed by atoms with Crippen LogP contribution in [0.5, 0.6) is 5.75 Å². The number of benzene rings is 6. The zero-order valence-corrected chi connectivity index (χ0v) is 33.0. The minimum atomic E-state index is -0.598. The smallest absolute Gasteiger partial charge is 0.149 e. The Kier molecular flexibility index (Phi) is 7.10. The Bertz CT molecular complexity index is 3170. The normalized spacial score (nSPS) is 14.0. The van der Waals surface area contributed by atoms with E-state index in [9.17, 15) is 6.48 Å². The molecular weight excluding hydrogens is 683 g/mol. The van der Waals surface area contributed by atoms with E-state index in [1.807, 2.05) is 67.6 Å². The second kappa shape index (κ2) is 14.1. The first kappa shape index (κ1) is 28.2. The van der Waals surface area contributed by atoms with Crippen LogP contribution in [0, 0.1) is 13.8 Å². The maximum absolute atomic E-state index is 12.2. The fraction of sp³-hybridized carbons (Fsp3) is 0.192. The van der Waals surface area contributed by atoms with Gasteiger partial charge in [-0.25, -0.2) is 4.98 Å². The predicted octanol–water partition coefficient (Wildman–Crippen LogP) is 13.7. The number of hydrogen-bond donors (Lipinski definition) is 1. The second-order valence-corrected chi connectivity index (χ2v) is 16.5. The van der Waals surface area contributed by atoms with Crippen molar-refractivity contribution in [3.05, 3.63) is 168 Å². The van der Waals surface area contributed by atoms with Gasteiger partial charge in [-0.2, -0.15) is 0 Å². The van der Waals surface area contributed by atoms with Gasteiger partial charge in [-0.3, -0.25) is 9.55 Å². The number of rotatable bonds is 6. The molecule has 0 aliphatic rings. The van der Waals surface area contributed by atoms with E-state index in [-0.39, 0.29) is 34.0 Å². The van der Waals surface area contributed by atoms with Crippen molar-refractivity contribution in [1.29, 1.82) is 0 Å². The molecule has 0 amide bonds. The number of para-hydroxylation sites is 1. The summed E-state index contributed by atoms with van der Waals surface area (Å²) in [5, 5.41) is 12.2. The Morgan fingerprint density at radius 3 is 2.07 bits per heavy atom. The quantitative estimate of drug-likeness (QED) is 0.185. The van der Waals surface area contributed by atoms with Crippen LogP contribution in [-0.4, -0.2) is 19.6 Å². The molecule has 56 heavy (non-hydrogen) atoms. The standard InChI is InChI=1S/C52H49N3O/c1-33-22-23-46(42(26-33)36-18-13-10-14-19-36)55-47-21-15-20-41(48(47)54-50(55)43-27-34(2)28-44(49(43)56)52(6,7)8)38-29-39(31-40(30-38)51(3,4)5)45-32-37(24-25-53-45)35-16-11-9-12-17-35/h9-32,56H,1-8H3/i9D,11D,12D,16D,17D,24D,25D,32D. The van der Waals surface area contributed by atoms with Crippen LogP contribution in [0.25, 0.3) is 72.7 Å². The van der Waals surface area contributed by atoms with Gasteiger partial charge in [0.05, 0.1) is 38.9 Å². The van der Waals surface area contributed by atoms with Gasteiger partial charge in [0.15, 0.2) is 0 Å². The van der Waals surface area contributed by atoms with Gasteiger partial charge < -0.3 is 5.11 Å². The summed E-state index contributed by atoms with van der Waals surface area (Å²) in [6.07, 6.45) is -0.499. The van der Waals surface area contributed by atoms with E-state index >= 15 is 0 Å². The summed E-state index contributed by atoms with van der Waals surface area (Å²) >= 11 is 0. The number of nitrogens with zero attached hydrogens (tertiary/aromatic N) is 3. The highest BCUT2D eigenvalue weighted by atomic mass is 16.3. The summed E-state index contributed by atoms with van der Waals surface area (Å²) in [4.78, 5) is 9.91. The number of phenolic OH excluding ortho intramolecular Hbond substituents is 1. The fourth-order valence-corrected chi connectivity index (χ4v) is 7.28. The van der Waals surface area contributed by atoms with Gasteiger partial charge in [-0.1, -0.05) is 138 Å². The van der Waals surface area contributed by atoms with E-state index in [4.69, 9.17) is 14.6 Å². The number of aromatic nitrogens is 3. The molecule has 1 N–H and O–H groups in total. The molecule has 4 nitrogen and oxygen atoms in total. The van der Waals surface area contributed by atoms with Crippen molar-refractivity contribution in [2.45, 2.75) is 66.2 Å². The number of pyridine rings is 1. The lowest BCUT2D eigenvalue weighted by Gasteiger charge is -2.23. The first-order valence-corrected chi connectivity index (χ1v) is 18.8. The number of hydrogen-bond acceptors (Lipinski definition) is 3. The highest BCUT2D eigenvalue weighted by molar-refractivity contribution is 5.98. The summed E-state index contributed by atoms with van der Waals surface area (Å²) in [7, 11) is 0. The second-order valence-electron chi connectivity index (χ2n) is 16.5. The van der Waals surface area contributed by atoms with Crippen molar-refractivity contribution in [2.75, 3.05) is 0 Å². The molecule has 2 aromatic heterocycles. The van der Waals surface area contributed by atoms with Gasteiger partial charge >= 0.3 is 0 Å². The van der Waals surface area contributed by atoms with Crippen LogP contribution in [0.4, 0.5) is 0 Å². The average molecular weight is 740 g/mol. The van der Waals surface area contributed by atoms with Crippen molar-refractivity contribution >= 4 is 11.0 Å². The molecule has 0 aliphatic carbocycles. The first-order valence-electron chi connectivity index (χ1n) is 22.8. The first-order chi connectivity index (χ1) is 30.1. The highest BCUT2D eigenvalue weighted by Crippen LogP contribution is 2.44. The van der Waals surface area contributed by atoms with Gasteiger partial charge in [-0.05, 0) is 107 Å². The van der Waals surface area contributed by atoms with Crippen LogP contribution < -0.4 is 0 Å². The third kappa shape index (κ3) is 6.92. The minimum Gasteiger partial charge on any atom is -0.507 e. The zero-order chi connectivity index (χ0) is 46.3. The molecule has 0 bridgehead atoms. The summed E-state index contributed by atoms with van der Waals surface area (Å²) in [6.45, 7) is 16.5. The minimum absolute atomic E-state index is 0.0279. The molecule has 0 saturated carbocycles. The molecule has 0 aliphatic heterocycles. The molecule has 8 rings (SSSR count). The van der Waals surface area contributed by atoms with Gasteiger partial charge in [0, 0.05) is 28.4 Å². The van der Waals surface area contributed by atoms with E-state index in [2.05, 4.69) is 94.4 Å². The summed E-state index contributed by atoms with van der Waals surface area (Å²) in [5.74, 6) is 0.695. The largest absolute Gasteiger partial charge is 0.507 e. The molecular formula is C52H49N3O. The zero-order valence-electron chi connectivity index (χ0n) is 41.0. The number of fused-ring (bicyclic) bond motifs is 1. The fourth-order valence-electron chi connectivity index (χ4n) is 7.28. The lowest BCUT2D eigenvalue weighted by molar-refractivity contribution is 0.448. The predicted molar refractivity (Wildman–Crippen MR) is 235 cm³/mol. The van der Waals surface area contributed by atoms with E-state index in [0.717, 1.165) is 55.7 Å². The molecule has 2 heterocycles. The van der Waals surface area contributed by atoms with E-state index < -0.39 is 47.8 Å². The number of aryl methyl sites for hydroxylation is 2. The van der Waals surface area contributed by atoms with E-state index in [1.54, 1.807) is 0 Å². The molecule has 4 heteroatoms. The van der Waals surface area contributed by atoms with Crippen LogP contribution in [0.15, 0.2) is 146 Å². The van der Waals surface area contributed by atoms with Crippen molar-refractivity contribution < 1.29 is 16.1 Å². The lowest BCUT2D eigenvalue weighted by atomic mass is 9.83. The van der Waals surface area contributed by atoms with Gasteiger partial charge in [0.2, 0.25) is 0 Å². The van der Waals surface area contributed by atoms with Crippen molar-refractivity contribution in [3.8, 4) is 67.5 Å². The molecule has 0 saturated heterocycles. The Hall–Kier alpha value is -6.26. The third-order valence-electron chi connectivity index (χ3n) is 10.2. The monoisotopic (exact) mass is 739 g/mol. The molecule has 0 fully saturated rings. The van der Waals surface area contributed by atoms with Crippen LogP contribution in [0.2, 0.25) is 0 Å². The number of phenols is 1. The molecule has 0 spiro atoms. The van der Waals surface area contributed by atoms with Crippen LogP contribution in [0.1, 0.15) is 74.8 Å². The summed E-state index contributed by atoms with van der Waals surface area (Å²) in [6, 6.07) is 28.5. The van der Waals surface area contributed by atoms with Gasteiger partial charge in [0.25, 0.3) is 0 Å². The van der Waals surface area contributed by atoms with E-state index in [0.29, 0.717) is 22.5 Å². The molecule has 6 aromatic carbocycles. The van der Waals surface area contributed by atoms with Crippen LogP contribution >= 0.6 is 0 Å². The maximum Gasteiger partial charge on any atom is 0.149 e. The molecule has 278 valence electrons. The summed E-state index contributed by atoms with van der Waals surface area (Å²) < 4.78 is 71.3. The molecule has 8 aromatic rings. The molecule has 0 unspecified atom stereocenters. The Labute approximate surface area is 342 Å². The van der Waals surface area contributed by atoms with Crippen LogP contribution in [-0.2, 0) is 10.8 Å².